The van der Waals surface area contributed by atoms with Crippen LogP contribution in [0.1, 0.15) is 47.9 Å². The quantitative estimate of drug-likeness (QED) is 0.335. The molecule has 0 bridgehead atoms. The summed E-state index contributed by atoms with van der Waals surface area (Å²) >= 11 is 0. The minimum Gasteiger partial charge on any atom is -0.482 e. The average Bonchev–Trinajstić information content (AvgIpc) is 3.13. The molecule has 0 fully saturated rings. The molecule has 0 radical (unpaired) electrons. The third-order valence-electron chi connectivity index (χ3n) is 4.91. The van der Waals surface area contributed by atoms with Gasteiger partial charge in [0.15, 0.2) is 13.2 Å². The van der Waals surface area contributed by atoms with Gasteiger partial charge in [0.25, 0.3) is 0 Å². The standard InChI is InChI=1S/C25H28N2O5/c1-5-6-21(20-11-12-23(17(3)13-20)30-15-24(28)29)27-31-14-22-18(4)32-25(26-22)19-9-7-16(2)8-10-19/h7-13H,5-6,14-15H2,1-4H3,(H,28,29)/b27-21+. The molecule has 0 saturated heterocycles. The van der Waals surface area contributed by atoms with Crippen molar-refractivity contribution in [2.24, 2.45) is 5.16 Å². The molecule has 0 unspecified atom stereocenters. The first-order valence-electron chi connectivity index (χ1n) is 10.5. The molecule has 2 aromatic carbocycles. The van der Waals surface area contributed by atoms with Crippen molar-refractivity contribution in [2.45, 2.75) is 47.1 Å². The number of hydrogen-bond acceptors (Lipinski definition) is 6. The highest BCUT2D eigenvalue weighted by Crippen LogP contribution is 2.23. The molecule has 1 N–H and O–H groups in total. The molecule has 0 aliphatic heterocycles. The molecule has 1 heterocycles. The maximum Gasteiger partial charge on any atom is 0.341 e. The number of nitrogens with zero attached hydrogens (tertiary/aromatic N) is 2. The van der Waals surface area contributed by atoms with Crippen LogP contribution in [0.15, 0.2) is 52.0 Å². The monoisotopic (exact) mass is 436 g/mol. The second-order valence-electron chi connectivity index (χ2n) is 7.61. The van der Waals surface area contributed by atoms with Gasteiger partial charge in [-0.3, -0.25) is 0 Å². The topological polar surface area (TPSA) is 94.2 Å². The van der Waals surface area contributed by atoms with Crippen molar-refractivity contribution >= 4 is 11.7 Å². The molecule has 3 rings (SSSR count). The molecule has 7 heteroatoms. The first-order valence-corrected chi connectivity index (χ1v) is 10.5. The molecule has 0 spiro atoms. The molecule has 1 aromatic heterocycles. The number of hydrogen-bond donors (Lipinski definition) is 1. The summed E-state index contributed by atoms with van der Waals surface area (Å²) < 4.78 is 11.1. The van der Waals surface area contributed by atoms with Crippen LogP contribution < -0.4 is 4.74 Å². The summed E-state index contributed by atoms with van der Waals surface area (Å²) in [5.41, 5.74) is 5.34. The summed E-state index contributed by atoms with van der Waals surface area (Å²) in [6, 6.07) is 13.5. The van der Waals surface area contributed by atoms with Gasteiger partial charge in [0.2, 0.25) is 5.89 Å². The second-order valence-corrected chi connectivity index (χ2v) is 7.61. The summed E-state index contributed by atoms with van der Waals surface area (Å²) in [7, 11) is 0. The number of carboxylic acid groups (broad SMARTS) is 1. The SMILES string of the molecule is CCC/C(=N\OCc1nc(-c2ccc(C)cc2)oc1C)c1ccc(OCC(=O)O)c(C)c1. The maximum absolute atomic E-state index is 10.7. The minimum atomic E-state index is -1.01. The van der Waals surface area contributed by atoms with E-state index in [0.717, 1.165) is 35.2 Å². The Bertz CT molecular complexity index is 1100. The van der Waals surface area contributed by atoms with Crippen molar-refractivity contribution < 1.29 is 23.9 Å². The van der Waals surface area contributed by atoms with Crippen molar-refractivity contribution in [3.05, 3.63) is 70.6 Å². The Morgan fingerprint density at radius 2 is 1.88 bits per heavy atom. The zero-order valence-electron chi connectivity index (χ0n) is 18.8. The average molecular weight is 437 g/mol. The van der Waals surface area contributed by atoms with Crippen LogP contribution in [0.25, 0.3) is 11.5 Å². The van der Waals surface area contributed by atoms with Crippen molar-refractivity contribution in [3.8, 4) is 17.2 Å². The van der Waals surface area contributed by atoms with E-state index in [0.29, 0.717) is 23.1 Å². The Labute approximate surface area is 187 Å². The molecule has 0 saturated carbocycles. The van der Waals surface area contributed by atoms with Crippen LogP contribution in [0.4, 0.5) is 0 Å². The maximum atomic E-state index is 10.7. The van der Waals surface area contributed by atoms with E-state index >= 15 is 0 Å². The number of oxime groups is 1. The smallest absolute Gasteiger partial charge is 0.341 e. The Morgan fingerprint density at radius 1 is 1.12 bits per heavy atom. The lowest BCUT2D eigenvalue weighted by atomic mass is 10.0. The third kappa shape index (κ3) is 5.97. The van der Waals surface area contributed by atoms with Gasteiger partial charge in [-0.1, -0.05) is 36.2 Å². The van der Waals surface area contributed by atoms with Gasteiger partial charge in [0.05, 0.1) is 5.71 Å². The molecular formula is C25H28N2O5. The third-order valence-corrected chi connectivity index (χ3v) is 4.91. The predicted octanol–water partition coefficient (Wildman–Crippen LogP) is 5.45. The largest absolute Gasteiger partial charge is 0.482 e. The van der Waals surface area contributed by atoms with E-state index in [9.17, 15) is 4.79 Å². The summed E-state index contributed by atoms with van der Waals surface area (Å²) in [4.78, 5) is 20.9. The molecule has 3 aromatic rings. The van der Waals surface area contributed by atoms with Crippen LogP contribution in [0.5, 0.6) is 5.75 Å². The molecule has 0 atom stereocenters. The summed E-state index contributed by atoms with van der Waals surface area (Å²) in [5, 5.41) is 13.2. The fourth-order valence-electron chi connectivity index (χ4n) is 3.16. The second kappa shape index (κ2) is 10.6. The number of aryl methyl sites for hydroxylation is 3. The van der Waals surface area contributed by atoms with Gasteiger partial charge >= 0.3 is 5.97 Å². The van der Waals surface area contributed by atoms with Gasteiger partial charge in [-0.15, -0.1) is 0 Å². The highest BCUT2D eigenvalue weighted by Gasteiger charge is 2.13. The van der Waals surface area contributed by atoms with Crippen LogP contribution in [0.3, 0.4) is 0 Å². The molecule has 168 valence electrons. The molecule has 0 aliphatic rings. The molecule has 32 heavy (non-hydrogen) atoms. The minimum absolute atomic E-state index is 0.202. The number of ether oxygens (including phenoxy) is 1. The normalized spacial score (nSPS) is 11.4. The van der Waals surface area contributed by atoms with E-state index < -0.39 is 5.97 Å². The number of aliphatic carboxylic acids is 1. The van der Waals surface area contributed by atoms with Crippen LogP contribution >= 0.6 is 0 Å². The Balaban J connectivity index is 1.71. The first kappa shape index (κ1) is 23.1. The van der Waals surface area contributed by atoms with E-state index in [1.165, 1.54) is 5.56 Å². The number of benzene rings is 2. The Kier molecular flexibility index (Phi) is 7.65. The lowest BCUT2D eigenvalue weighted by Gasteiger charge is -2.10. The van der Waals surface area contributed by atoms with Gasteiger partial charge in [-0.2, -0.15) is 0 Å². The van der Waals surface area contributed by atoms with E-state index in [1.807, 2.05) is 57.2 Å². The Morgan fingerprint density at radius 3 is 2.53 bits per heavy atom. The van der Waals surface area contributed by atoms with E-state index in [-0.39, 0.29) is 13.2 Å². The fraction of sp³-hybridized carbons (Fsp3) is 0.320. The van der Waals surface area contributed by atoms with Crippen LogP contribution in [-0.4, -0.2) is 28.4 Å². The highest BCUT2D eigenvalue weighted by atomic mass is 16.6. The lowest BCUT2D eigenvalue weighted by molar-refractivity contribution is -0.139. The Hall–Kier alpha value is -3.61. The molecular weight excluding hydrogens is 408 g/mol. The number of oxazole rings is 1. The summed E-state index contributed by atoms with van der Waals surface area (Å²) in [5.74, 6) is 0.786. The number of rotatable bonds is 10. The predicted molar refractivity (Wildman–Crippen MR) is 122 cm³/mol. The van der Waals surface area contributed by atoms with Crippen molar-refractivity contribution in [3.63, 3.8) is 0 Å². The van der Waals surface area contributed by atoms with Gasteiger partial charge < -0.3 is 19.1 Å². The van der Waals surface area contributed by atoms with Crippen LogP contribution in [0.2, 0.25) is 0 Å². The van der Waals surface area contributed by atoms with Gasteiger partial charge in [0.1, 0.15) is 17.2 Å². The zero-order valence-corrected chi connectivity index (χ0v) is 18.8. The highest BCUT2D eigenvalue weighted by molar-refractivity contribution is 6.00. The van der Waals surface area contributed by atoms with Crippen LogP contribution in [-0.2, 0) is 16.2 Å². The number of carboxylic acids is 1. The number of aromatic nitrogens is 1. The van der Waals surface area contributed by atoms with Crippen molar-refractivity contribution in [1.29, 1.82) is 0 Å². The van der Waals surface area contributed by atoms with Crippen molar-refractivity contribution in [1.82, 2.24) is 4.98 Å². The number of carbonyl (C=O) groups is 1. The van der Waals surface area contributed by atoms with Crippen LogP contribution in [0, 0.1) is 20.8 Å². The fourth-order valence-corrected chi connectivity index (χ4v) is 3.16. The molecule has 0 aliphatic carbocycles. The van der Waals surface area contributed by atoms with E-state index in [4.69, 9.17) is 19.1 Å². The summed E-state index contributed by atoms with van der Waals surface area (Å²) in [6.45, 7) is 7.67. The molecule has 7 nitrogen and oxygen atoms in total. The van der Waals surface area contributed by atoms with Gasteiger partial charge in [-0.05, 0) is 68.7 Å². The van der Waals surface area contributed by atoms with Gasteiger partial charge in [0, 0.05) is 5.56 Å². The lowest BCUT2D eigenvalue weighted by Crippen LogP contribution is -2.10. The van der Waals surface area contributed by atoms with E-state index in [1.54, 1.807) is 6.07 Å². The van der Waals surface area contributed by atoms with Gasteiger partial charge in [-0.25, -0.2) is 9.78 Å². The van der Waals surface area contributed by atoms with E-state index in [2.05, 4.69) is 17.1 Å². The summed E-state index contributed by atoms with van der Waals surface area (Å²) in [6.07, 6.45) is 1.64. The first-order chi connectivity index (χ1) is 15.4. The molecule has 0 amide bonds. The van der Waals surface area contributed by atoms with Crippen molar-refractivity contribution in [2.75, 3.05) is 6.61 Å². The zero-order chi connectivity index (χ0) is 23.1.